The molecule has 1 aromatic heterocycles. The molecule has 0 bridgehead atoms. The van der Waals surface area contributed by atoms with Gasteiger partial charge in [0.1, 0.15) is 6.04 Å². The standard InChI is InChI=1S/C16H18N2O3S2/c19-16(17-12-13-6-5-11-22-13)15-9-4-10-18(15)23(20,21)14-7-2-1-3-8-14/h1-3,5-8,11,15H,4,9-10,12H2,(H,17,19). The Morgan fingerprint density at radius 3 is 2.70 bits per heavy atom. The van der Waals surface area contributed by atoms with Crippen molar-refractivity contribution in [1.29, 1.82) is 0 Å². The molecule has 1 aliphatic heterocycles. The number of amides is 1. The Balaban J connectivity index is 1.73. The van der Waals surface area contributed by atoms with Crippen molar-refractivity contribution in [3.63, 3.8) is 0 Å². The zero-order chi connectivity index (χ0) is 16.3. The van der Waals surface area contributed by atoms with Gasteiger partial charge in [0.15, 0.2) is 0 Å². The van der Waals surface area contributed by atoms with Crippen LogP contribution in [0.15, 0.2) is 52.7 Å². The average Bonchev–Trinajstić information content (AvgIpc) is 3.25. The summed E-state index contributed by atoms with van der Waals surface area (Å²) in [6.45, 7) is 0.820. The summed E-state index contributed by atoms with van der Waals surface area (Å²) in [6, 6.07) is 11.5. The summed E-state index contributed by atoms with van der Waals surface area (Å²) in [7, 11) is -3.63. The maximum absolute atomic E-state index is 12.7. The van der Waals surface area contributed by atoms with Gasteiger partial charge in [0.2, 0.25) is 15.9 Å². The molecule has 23 heavy (non-hydrogen) atoms. The number of benzene rings is 1. The molecule has 7 heteroatoms. The molecule has 1 aromatic carbocycles. The monoisotopic (exact) mass is 350 g/mol. The van der Waals surface area contributed by atoms with Gasteiger partial charge in [-0.15, -0.1) is 11.3 Å². The quantitative estimate of drug-likeness (QED) is 0.899. The van der Waals surface area contributed by atoms with Crippen LogP contribution in [0.2, 0.25) is 0 Å². The molecule has 1 aliphatic rings. The Morgan fingerprint density at radius 2 is 2.00 bits per heavy atom. The Labute approximate surface area is 140 Å². The van der Waals surface area contributed by atoms with E-state index in [4.69, 9.17) is 0 Å². The fourth-order valence-electron chi connectivity index (χ4n) is 2.72. The van der Waals surface area contributed by atoms with E-state index in [9.17, 15) is 13.2 Å². The molecule has 1 saturated heterocycles. The molecule has 0 aliphatic carbocycles. The molecule has 1 atom stereocenters. The number of hydrogen-bond acceptors (Lipinski definition) is 4. The number of nitrogens with zero attached hydrogens (tertiary/aromatic N) is 1. The summed E-state index contributed by atoms with van der Waals surface area (Å²) in [5.41, 5.74) is 0. The summed E-state index contributed by atoms with van der Waals surface area (Å²) in [4.78, 5) is 13.7. The third kappa shape index (κ3) is 3.46. The molecule has 122 valence electrons. The molecule has 3 rings (SSSR count). The summed E-state index contributed by atoms with van der Waals surface area (Å²) >= 11 is 1.56. The Morgan fingerprint density at radius 1 is 1.22 bits per heavy atom. The van der Waals surface area contributed by atoms with Gasteiger partial charge in [-0.2, -0.15) is 4.31 Å². The van der Waals surface area contributed by atoms with E-state index in [1.54, 1.807) is 41.7 Å². The van der Waals surface area contributed by atoms with Crippen LogP contribution < -0.4 is 5.32 Å². The number of nitrogens with one attached hydrogen (secondary N) is 1. The minimum atomic E-state index is -3.63. The molecule has 1 unspecified atom stereocenters. The van der Waals surface area contributed by atoms with E-state index in [2.05, 4.69) is 5.32 Å². The lowest BCUT2D eigenvalue weighted by Crippen LogP contribution is -2.45. The molecule has 2 aromatic rings. The van der Waals surface area contributed by atoms with E-state index in [1.165, 1.54) is 4.31 Å². The van der Waals surface area contributed by atoms with Crippen LogP contribution in [0.25, 0.3) is 0 Å². The normalized spacial score (nSPS) is 18.9. The van der Waals surface area contributed by atoms with Gasteiger partial charge in [-0.05, 0) is 36.4 Å². The summed E-state index contributed by atoms with van der Waals surface area (Å²) in [5.74, 6) is -0.226. The molecular weight excluding hydrogens is 332 g/mol. The molecule has 1 fully saturated rings. The molecule has 0 spiro atoms. The average molecular weight is 350 g/mol. The number of carbonyl (C=O) groups is 1. The smallest absolute Gasteiger partial charge is 0.243 e. The summed E-state index contributed by atoms with van der Waals surface area (Å²) < 4.78 is 26.8. The Hall–Kier alpha value is -1.70. The van der Waals surface area contributed by atoms with E-state index in [1.807, 2.05) is 17.5 Å². The van der Waals surface area contributed by atoms with Crippen LogP contribution in [-0.2, 0) is 21.4 Å². The van der Waals surface area contributed by atoms with Crippen molar-refractivity contribution in [2.45, 2.75) is 30.3 Å². The van der Waals surface area contributed by atoms with Crippen molar-refractivity contribution in [1.82, 2.24) is 9.62 Å². The van der Waals surface area contributed by atoms with E-state index >= 15 is 0 Å². The van der Waals surface area contributed by atoms with E-state index in [-0.39, 0.29) is 10.8 Å². The van der Waals surface area contributed by atoms with Gasteiger partial charge in [-0.1, -0.05) is 24.3 Å². The molecule has 1 N–H and O–H groups in total. The van der Waals surface area contributed by atoms with Crippen LogP contribution in [-0.4, -0.2) is 31.2 Å². The minimum Gasteiger partial charge on any atom is -0.350 e. The van der Waals surface area contributed by atoms with Crippen molar-refractivity contribution in [2.75, 3.05) is 6.54 Å². The molecule has 1 amide bonds. The molecule has 0 saturated carbocycles. The molecule has 2 heterocycles. The second-order valence-electron chi connectivity index (χ2n) is 5.38. The SMILES string of the molecule is O=C(NCc1cccs1)C1CCCN1S(=O)(=O)c1ccccc1. The minimum absolute atomic E-state index is 0.226. The topological polar surface area (TPSA) is 66.5 Å². The Bertz CT molecular complexity index is 758. The maximum Gasteiger partial charge on any atom is 0.243 e. The largest absolute Gasteiger partial charge is 0.350 e. The van der Waals surface area contributed by atoms with Crippen molar-refractivity contribution < 1.29 is 13.2 Å². The fourth-order valence-corrected chi connectivity index (χ4v) is 5.04. The highest BCUT2D eigenvalue weighted by molar-refractivity contribution is 7.89. The lowest BCUT2D eigenvalue weighted by Gasteiger charge is -2.23. The number of carbonyl (C=O) groups excluding carboxylic acids is 1. The van der Waals surface area contributed by atoms with Crippen molar-refractivity contribution in [3.8, 4) is 0 Å². The fraction of sp³-hybridized carbons (Fsp3) is 0.312. The second kappa shape index (κ2) is 6.82. The number of rotatable bonds is 5. The van der Waals surface area contributed by atoms with Gasteiger partial charge in [0.25, 0.3) is 0 Å². The first-order valence-corrected chi connectivity index (χ1v) is 9.78. The van der Waals surface area contributed by atoms with Gasteiger partial charge in [0, 0.05) is 11.4 Å². The number of hydrogen-bond donors (Lipinski definition) is 1. The van der Waals surface area contributed by atoms with Crippen LogP contribution in [0.4, 0.5) is 0 Å². The van der Waals surface area contributed by atoms with Gasteiger partial charge in [-0.3, -0.25) is 4.79 Å². The van der Waals surface area contributed by atoms with Crippen LogP contribution in [0.5, 0.6) is 0 Å². The van der Waals surface area contributed by atoms with Crippen molar-refractivity contribution in [3.05, 3.63) is 52.7 Å². The zero-order valence-corrected chi connectivity index (χ0v) is 14.1. The zero-order valence-electron chi connectivity index (χ0n) is 12.5. The number of thiophene rings is 1. The molecule has 0 radical (unpaired) electrons. The third-order valence-corrected chi connectivity index (χ3v) is 6.67. The molecule has 5 nitrogen and oxygen atoms in total. The first kappa shape index (κ1) is 16.2. The molecular formula is C16H18N2O3S2. The van der Waals surface area contributed by atoms with Crippen molar-refractivity contribution in [2.24, 2.45) is 0 Å². The highest BCUT2D eigenvalue weighted by Crippen LogP contribution is 2.26. The van der Waals surface area contributed by atoms with E-state index in [0.29, 0.717) is 25.9 Å². The highest BCUT2D eigenvalue weighted by atomic mass is 32.2. The van der Waals surface area contributed by atoms with Gasteiger partial charge in [-0.25, -0.2) is 8.42 Å². The lowest BCUT2D eigenvalue weighted by atomic mass is 10.2. The second-order valence-corrected chi connectivity index (χ2v) is 8.31. The van der Waals surface area contributed by atoms with Crippen molar-refractivity contribution >= 4 is 27.3 Å². The van der Waals surface area contributed by atoms with Gasteiger partial charge >= 0.3 is 0 Å². The van der Waals surface area contributed by atoms with Gasteiger partial charge in [0.05, 0.1) is 11.4 Å². The summed E-state index contributed by atoms with van der Waals surface area (Å²) in [6.07, 6.45) is 1.26. The van der Waals surface area contributed by atoms with E-state index in [0.717, 1.165) is 4.88 Å². The van der Waals surface area contributed by atoms with Crippen LogP contribution >= 0.6 is 11.3 Å². The number of sulfonamides is 1. The maximum atomic E-state index is 12.7. The first-order valence-electron chi connectivity index (χ1n) is 7.46. The third-order valence-electron chi connectivity index (χ3n) is 3.87. The highest BCUT2D eigenvalue weighted by Gasteiger charge is 2.39. The van der Waals surface area contributed by atoms with Crippen LogP contribution in [0, 0.1) is 0 Å². The summed E-state index contributed by atoms with van der Waals surface area (Å²) in [5, 5.41) is 4.79. The first-order chi connectivity index (χ1) is 11.1. The van der Waals surface area contributed by atoms with Gasteiger partial charge < -0.3 is 5.32 Å². The predicted octanol–water partition coefficient (Wildman–Crippen LogP) is 2.22. The van der Waals surface area contributed by atoms with E-state index < -0.39 is 16.1 Å². The Kier molecular flexibility index (Phi) is 4.79. The van der Waals surface area contributed by atoms with Crippen LogP contribution in [0.3, 0.4) is 0 Å². The lowest BCUT2D eigenvalue weighted by molar-refractivity contribution is -0.124. The predicted molar refractivity (Wildman–Crippen MR) is 89.5 cm³/mol. The van der Waals surface area contributed by atoms with Crippen LogP contribution in [0.1, 0.15) is 17.7 Å².